The molecule has 3 aliphatic rings. The second-order valence-electron chi connectivity index (χ2n) is 5.75. The monoisotopic (exact) mass is 291 g/mol. The van der Waals surface area contributed by atoms with Gasteiger partial charge >= 0.3 is 6.18 Å². The molecule has 5 nitrogen and oxygen atoms in total. The molecule has 0 spiro atoms. The van der Waals surface area contributed by atoms with Gasteiger partial charge < -0.3 is 15.2 Å². The molecule has 0 aliphatic heterocycles. The SMILES string of the molecule is NC12CC(n3cc(OCCOCC(F)(F)F)cn3)(C1)C2. The van der Waals surface area contributed by atoms with Crippen molar-refractivity contribution in [2.45, 2.75) is 36.5 Å². The van der Waals surface area contributed by atoms with Gasteiger partial charge in [0, 0.05) is 5.54 Å². The lowest BCUT2D eigenvalue weighted by molar-refractivity contribution is -0.175. The van der Waals surface area contributed by atoms with Gasteiger partial charge in [0.15, 0.2) is 5.75 Å². The lowest BCUT2D eigenvalue weighted by Crippen LogP contribution is -2.76. The third-order valence-electron chi connectivity index (χ3n) is 3.85. The molecular formula is C12H16F3N3O2. The zero-order chi connectivity index (χ0) is 14.4. The van der Waals surface area contributed by atoms with Crippen molar-refractivity contribution in [2.24, 2.45) is 5.73 Å². The third kappa shape index (κ3) is 2.49. The van der Waals surface area contributed by atoms with Crippen molar-refractivity contribution < 1.29 is 22.6 Å². The molecule has 1 heterocycles. The van der Waals surface area contributed by atoms with E-state index < -0.39 is 12.8 Å². The smallest absolute Gasteiger partial charge is 0.411 e. The van der Waals surface area contributed by atoms with Gasteiger partial charge in [-0.1, -0.05) is 0 Å². The minimum Gasteiger partial charge on any atom is -0.488 e. The Hall–Kier alpha value is -1.28. The minimum absolute atomic E-state index is 0.00158. The van der Waals surface area contributed by atoms with E-state index in [1.54, 1.807) is 12.4 Å². The average Bonchev–Trinajstić information content (AvgIpc) is 2.70. The van der Waals surface area contributed by atoms with Gasteiger partial charge in [-0.25, -0.2) is 0 Å². The fourth-order valence-electron chi connectivity index (χ4n) is 3.10. The first-order valence-corrected chi connectivity index (χ1v) is 6.42. The number of nitrogens with two attached hydrogens (primary N) is 1. The Morgan fingerprint density at radius 1 is 1.30 bits per heavy atom. The van der Waals surface area contributed by atoms with E-state index in [0.717, 1.165) is 19.3 Å². The van der Waals surface area contributed by atoms with Gasteiger partial charge in [-0.15, -0.1) is 0 Å². The predicted molar refractivity (Wildman–Crippen MR) is 63.3 cm³/mol. The number of aromatic nitrogens is 2. The molecule has 0 amide bonds. The molecule has 4 rings (SSSR count). The van der Waals surface area contributed by atoms with Crippen LogP contribution in [0, 0.1) is 0 Å². The maximum atomic E-state index is 11.8. The van der Waals surface area contributed by atoms with Gasteiger partial charge in [0.2, 0.25) is 0 Å². The summed E-state index contributed by atoms with van der Waals surface area (Å²) in [5.74, 6) is 0.538. The lowest BCUT2D eigenvalue weighted by Gasteiger charge is -2.68. The summed E-state index contributed by atoms with van der Waals surface area (Å²) in [6.07, 6.45) is 1.81. The van der Waals surface area contributed by atoms with Crippen molar-refractivity contribution in [1.29, 1.82) is 0 Å². The lowest BCUT2D eigenvalue weighted by atomic mass is 9.45. The summed E-state index contributed by atoms with van der Waals surface area (Å²) in [4.78, 5) is 0. The Labute approximate surface area is 113 Å². The number of nitrogens with zero attached hydrogens (tertiary/aromatic N) is 2. The maximum absolute atomic E-state index is 11.8. The number of halogens is 3. The zero-order valence-corrected chi connectivity index (χ0v) is 10.8. The molecule has 2 bridgehead atoms. The van der Waals surface area contributed by atoms with Crippen molar-refractivity contribution in [1.82, 2.24) is 9.78 Å². The molecular weight excluding hydrogens is 275 g/mol. The van der Waals surface area contributed by atoms with E-state index in [-0.39, 0.29) is 24.3 Å². The van der Waals surface area contributed by atoms with Gasteiger partial charge in [0.1, 0.15) is 13.2 Å². The molecule has 8 heteroatoms. The van der Waals surface area contributed by atoms with Gasteiger partial charge in [0.25, 0.3) is 0 Å². The maximum Gasteiger partial charge on any atom is 0.411 e. The summed E-state index contributed by atoms with van der Waals surface area (Å²) in [6, 6.07) is 0. The fraction of sp³-hybridized carbons (Fsp3) is 0.750. The van der Waals surface area contributed by atoms with Crippen LogP contribution in [0.1, 0.15) is 19.3 Å². The van der Waals surface area contributed by atoms with Crippen LogP contribution < -0.4 is 10.5 Å². The second-order valence-corrected chi connectivity index (χ2v) is 5.75. The number of rotatable bonds is 6. The molecule has 112 valence electrons. The third-order valence-corrected chi connectivity index (χ3v) is 3.85. The highest BCUT2D eigenvalue weighted by atomic mass is 19.4. The van der Waals surface area contributed by atoms with Gasteiger partial charge in [-0.3, -0.25) is 4.68 Å². The van der Waals surface area contributed by atoms with Crippen LogP contribution in [-0.4, -0.2) is 41.3 Å². The molecule has 3 aliphatic carbocycles. The Balaban J connectivity index is 1.40. The molecule has 0 aromatic carbocycles. The minimum atomic E-state index is -4.30. The number of hydrogen-bond acceptors (Lipinski definition) is 4. The first kappa shape index (κ1) is 13.7. The highest BCUT2D eigenvalue weighted by molar-refractivity contribution is 5.27. The summed E-state index contributed by atoms with van der Waals surface area (Å²) in [6.45, 7) is -1.30. The van der Waals surface area contributed by atoms with E-state index in [1.807, 2.05) is 4.68 Å². The van der Waals surface area contributed by atoms with Crippen LogP contribution in [0.2, 0.25) is 0 Å². The molecule has 0 saturated heterocycles. The molecule has 0 radical (unpaired) electrons. The van der Waals surface area contributed by atoms with Crippen molar-refractivity contribution in [3.8, 4) is 5.75 Å². The quantitative estimate of drug-likeness (QED) is 0.805. The van der Waals surface area contributed by atoms with Crippen LogP contribution in [0.4, 0.5) is 13.2 Å². The van der Waals surface area contributed by atoms with Crippen LogP contribution in [0.5, 0.6) is 5.75 Å². The Bertz CT molecular complexity index is 481. The van der Waals surface area contributed by atoms with Crippen LogP contribution in [0.25, 0.3) is 0 Å². The molecule has 1 aromatic rings. The topological polar surface area (TPSA) is 62.3 Å². The fourth-order valence-corrected chi connectivity index (χ4v) is 3.10. The van der Waals surface area contributed by atoms with E-state index >= 15 is 0 Å². The molecule has 20 heavy (non-hydrogen) atoms. The summed E-state index contributed by atoms with van der Waals surface area (Å²) >= 11 is 0. The van der Waals surface area contributed by atoms with Crippen LogP contribution in [0.3, 0.4) is 0 Å². The van der Waals surface area contributed by atoms with Gasteiger partial charge in [-0.05, 0) is 19.3 Å². The molecule has 1 aromatic heterocycles. The normalized spacial score (nSPS) is 31.6. The summed E-state index contributed by atoms with van der Waals surface area (Å²) in [7, 11) is 0. The van der Waals surface area contributed by atoms with Crippen LogP contribution in [0.15, 0.2) is 12.4 Å². The van der Waals surface area contributed by atoms with Crippen molar-refractivity contribution >= 4 is 0 Å². The molecule has 2 N–H and O–H groups in total. The molecule has 0 unspecified atom stereocenters. The predicted octanol–water partition coefficient (Wildman–Crippen LogP) is 1.43. The average molecular weight is 291 g/mol. The largest absolute Gasteiger partial charge is 0.488 e. The number of ether oxygens (including phenoxy) is 2. The van der Waals surface area contributed by atoms with Crippen molar-refractivity contribution in [3.05, 3.63) is 12.4 Å². The highest BCUT2D eigenvalue weighted by Gasteiger charge is 2.67. The highest BCUT2D eigenvalue weighted by Crippen LogP contribution is 2.63. The summed E-state index contributed by atoms with van der Waals surface area (Å²) in [5.41, 5.74) is 6.03. The number of hydrogen-bond donors (Lipinski definition) is 1. The van der Waals surface area contributed by atoms with E-state index in [1.165, 1.54) is 0 Å². The standard InChI is InChI=1S/C12H16F3N3O2/c13-12(14,15)8-19-1-2-20-9-3-17-18(4-9)11-5-10(16,6-11)7-11/h3-4H,1-2,5-8,16H2. The Morgan fingerprint density at radius 2 is 2.00 bits per heavy atom. The molecule has 0 atom stereocenters. The van der Waals surface area contributed by atoms with Crippen LogP contribution >= 0.6 is 0 Å². The molecule has 3 fully saturated rings. The van der Waals surface area contributed by atoms with Crippen LogP contribution in [-0.2, 0) is 10.3 Å². The summed E-state index contributed by atoms with van der Waals surface area (Å²) in [5, 5.41) is 4.23. The molecule has 3 saturated carbocycles. The van der Waals surface area contributed by atoms with Crippen molar-refractivity contribution in [3.63, 3.8) is 0 Å². The Kier molecular flexibility index (Phi) is 2.98. The van der Waals surface area contributed by atoms with E-state index in [2.05, 4.69) is 9.84 Å². The Morgan fingerprint density at radius 3 is 2.60 bits per heavy atom. The van der Waals surface area contributed by atoms with E-state index in [0.29, 0.717) is 5.75 Å². The van der Waals surface area contributed by atoms with Gasteiger partial charge in [0.05, 0.1) is 24.5 Å². The van der Waals surface area contributed by atoms with Gasteiger partial charge in [-0.2, -0.15) is 18.3 Å². The van der Waals surface area contributed by atoms with E-state index in [9.17, 15) is 13.2 Å². The second kappa shape index (κ2) is 4.36. The summed E-state index contributed by atoms with van der Waals surface area (Å²) < 4.78 is 47.1. The van der Waals surface area contributed by atoms with E-state index in [4.69, 9.17) is 10.5 Å². The number of alkyl halides is 3. The first-order valence-electron chi connectivity index (χ1n) is 6.42. The van der Waals surface area contributed by atoms with Crippen molar-refractivity contribution in [2.75, 3.05) is 19.8 Å². The zero-order valence-electron chi connectivity index (χ0n) is 10.8. The first-order chi connectivity index (χ1) is 9.30.